The third-order valence-electron chi connectivity index (χ3n) is 1.06. The minimum atomic E-state index is -0.708. The summed E-state index contributed by atoms with van der Waals surface area (Å²) in [4.78, 5) is 2.53. The van der Waals surface area contributed by atoms with E-state index in [4.69, 9.17) is 15.4 Å². The molecule has 0 rings (SSSR count). The smallest absolute Gasteiger partial charge is 0.0830 e. The molecule has 0 spiro atoms. The molecule has 5 nitrogen and oxygen atoms in total. The van der Waals surface area contributed by atoms with Gasteiger partial charge in [-0.15, -0.1) is 0 Å². The Morgan fingerprint density at radius 1 is 1.58 bits per heavy atom. The molecule has 0 aliphatic carbocycles. The third kappa shape index (κ3) is 7.34. The molecular weight excluding hydrogens is 158 g/mol. The number of aliphatic hydroxyl groups excluding tert-OH is 1. The van der Waals surface area contributed by atoms with Gasteiger partial charge in [0.1, 0.15) is 0 Å². The first-order chi connectivity index (χ1) is 5.45. The fraction of sp³-hybridized carbons (Fsp3) is 1.00. The molecule has 0 aromatic heterocycles. The summed E-state index contributed by atoms with van der Waals surface area (Å²) in [5.74, 6) is 0. The maximum Gasteiger partial charge on any atom is 0.0830 e. The molecule has 0 bridgehead atoms. The second-order valence-electron chi connectivity index (χ2n) is 3.49. The van der Waals surface area contributed by atoms with Crippen LogP contribution in [0.15, 0.2) is 5.11 Å². The van der Waals surface area contributed by atoms with Crippen LogP contribution in [-0.2, 0) is 4.74 Å². The predicted octanol–water partition coefficient (Wildman–Crippen LogP) is 1.47. The zero-order chi connectivity index (χ0) is 9.61. The van der Waals surface area contributed by atoms with Crippen LogP contribution in [0.25, 0.3) is 10.4 Å². The van der Waals surface area contributed by atoms with Gasteiger partial charge in [-0.2, -0.15) is 0 Å². The van der Waals surface area contributed by atoms with Crippen LogP contribution in [0.4, 0.5) is 0 Å². The zero-order valence-corrected chi connectivity index (χ0v) is 7.69. The molecule has 0 aliphatic heterocycles. The molecule has 0 amide bonds. The van der Waals surface area contributed by atoms with Gasteiger partial charge in [-0.05, 0) is 26.3 Å². The molecule has 12 heavy (non-hydrogen) atoms. The first kappa shape index (κ1) is 11.2. The summed E-state index contributed by atoms with van der Waals surface area (Å²) in [7, 11) is 0. The Morgan fingerprint density at radius 3 is 2.58 bits per heavy atom. The van der Waals surface area contributed by atoms with E-state index in [-0.39, 0.29) is 18.8 Å². The minimum Gasteiger partial charge on any atom is -0.391 e. The molecule has 0 unspecified atom stereocenters. The highest BCUT2D eigenvalue weighted by Crippen LogP contribution is 2.06. The monoisotopic (exact) mass is 173 g/mol. The number of nitrogens with zero attached hydrogens (tertiary/aromatic N) is 3. The van der Waals surface area contributed by atoms with E-state index in [0.717, 1.165) is 0 Å². The topological polar surface area (TPSA) is 78.2 Å². The average Bonchev–Trinajstić information content (AvgIpc) is 1.95. The fourth-order valence-electron chi connectivity index (χ4n) is 0.530. The van der Waals surface area contributed by atoms with E-state index >= 15 is 0 Å². The summed E-state index contributed by atoms with van der Waals surface area (Å²) >= 11 is 0. The standard InChI is InChI=1S/C7H15N3O2/c1-7(2,3)12-5-6(11)4-9-10-8/h6,11H,4-5H2,1-3H3/t6-/m0/s1. The Labute approximate surface area is 72.0 Å². The molecule has 70 valence electrons. The van der Waals surface area contributed by atoms with Crippen LogP contribution in [0, 0.1) is 0 Å². The SMILES string of the molecule is CC(C)(C)OC[C@@H](O)CN=[N+]=[N-]. The molecule has 0 fully saturated rings. The fourth-order valence-corrected chi connectivity index (χ4v) is 0.530. The van der Waals surface area contributed by atoms with Crippen LogP contribution in [0.5, 0.6) is 0 Å². The molecule has 0 aromatic rings. The van der Waals surface area contributed by atoms with Gasteiger partial charge >= 0.3 is 0 Å². The normalized spacial score (nSPS) is 13.7. The van der Waals surface area contributed by atoms with E-state index in [9.17, 15) is 0 Å². The summed E-state index contributed by atoms with van der Waals surface area (Å²) in [6, 6.07) is 0. The molecule has 1 atom stereocenters. The van der Waals surface area contributed by atoms with Crippen LogP contribution in [0.2, 0.25) is 0 Å². The molecule has 5 heteroatoms. The van der Waals surface area contributed by atoms with Crippen molar-refractivity contribution in [2.45, 2.75) is 32.5 Å². The first-order valence-electron chi connectivity index (χ1n) is 3.78. The van der Waals surface area contributed by atoms with E-state index < -0.39 is 6.10 Å². The lowest BCUT2D eigenvalue weighted by Crippen LogP contribution is -2.27. The first-order valence-corrected chi connectivity index (χ1v) is 3.78. The second-order valence-corrected chi connectivity index (χ2v) is 3.49. The maximum atomic E-state index is 9.15. The molecule has 0 heterocycles. The predicted molar refractivity (Wildman–Crippen MR) is 45.7 cm³/mol. The number of hydrogen-bond acceptors (Lipinski definition) is 3. The van der Waals surface area contributed by atoms with Crippen LogP contribution in [0.1, 0.15) is 20.8 Å². The van der Waals surface area contributed by atoms with Gasteiger partial charge in [-0.25, -0.2) is 0 Å². The summed E-state index contributed by atoms with van der Waals surface area (Å²) in [5, 5.41) is 12.4. The summed E-state index contributed by atoms with van der Waals surface area (Å²) in [5.41, 5.74) is 7.68. The van der Waals surface area contributed by atoms with Crippen LogP contribution in [0.3, 0.4) is 0 Å². The van der Waals surface area contributed by atoms with Gasteiger partial charge in [0.05, 0.1) is 24.9 Å². The molecule has 1 N–H and O–H groups in total. The molecule has 0 radical (unpaired) electrons. The van der Waals surface area contributed by atoms with Crippen LogP contribution < -0.4 is 0 Å². The van der Waals surface area contributed by atoms with Crippen molar-refractivity contribution in [3.05, 3.63) is 10.4 Å². The Hall–Kier alpha value is -0.770. The van der Waals surface area contributed by atoms with Crippen molar-refractivity contribution in [1.29, 1.82) is 0 Å². The summed E-state index contributed by atoms with van der Waals surface area (Å²) in [6.45, 7) is 5.95. The number of aliphatic hydroxyl groups is 1. The Bertz CT molecular complexity index is 170. The van der Waals surface area contributed by atoms with Gasteiger partial charge in [0.15, 0.2) is 0 Å². The quantitative estimate of drug-likeness (QED) is 0.397. The highest BCUT2D eigenvalue weighted by Gasteiger charge is 2.12. The average molecular weight is 173 g/mol. The second kappa shape index (κ2) is 4.98. The maximum absolute atomic E-state index is 9.15. The highest BCUT2D eigenvalue weighted by atomic mass is 16.5. The lowest BCUT2D eigenvalue weighted by atomic mass is 10.2. The van der Waals surface area contributed by atoms with Crippen molar-refractivity contribution in [3.63, 3.8) is 0 Å². The Balaban J connectivity index is 3.57. The summed E-state index contributed by atoms with van der Waals surface area (Å²) in [6.07, 6.45) is -0.708. The zero-order valence-electron chi connectivity index (χ0n) is 7.69. The third-order valence-corrected chi connectivity index (χ3v) is 1.06. The van der Waals surface area contributed by atoms with Crippen molar-refractivity contribution in [1.82, 2.24) is 0 Å². The van der Waals surface area contributed by atoms with Crippen LogP contribution >= 0.6 is 0 Å². The Kier molecular flexibility index (Phi) is 4.66. The van der Waals surface area contributed by atoms with E-state index in [1.165, 1.54) is 0 Å². The number of hydrogen-bond donors (Lipinski definition) is 1. The molecule has 0 saturated carbocycles. The van der Waals surface area contributed by atoms with Gasteiger partial charge in [-0.1, -0.05) is 5.11 Å². The van der Waals surface area contributed by atoms with Gasteiger partial charge in [-0.3, -0.25) is 0 Å². The lowest BCUT2D eigenvalue weighted by molar-refractivity contribution is -0.0459. The van der Waals surface area contributed by atoms with Crippen molar-refractivity contribution < 1.29 is 9.84 Å². The van der Waals surface area contributed by atoms with Gasteiger partial charge in [0, 0.05) is 4.91 Å². The van der Waals surface area contributed by atoms with Gasteiger partial charge in [0.25, 0.3) is 0 Å². The molecule has 0 aliphatic rings. The largest absolute Gasteiger partial charge is 0.391 e. The number of azide groups is 1. The highest BCUT2D eigenvalue weighted by molar-refractivity contribution is 4.63. The number of ether oxygens (including phenoxy) is 1. The van der Waals surface area contributed by atoms with Crippen molar-refractivity contribution in [2.75, 3.05) is 13.2 Å². The number of rotatable bonds is 4. The van der Waals surface area contributed by atoms with Gasteiger partial charge < -0.3 is 9.84 Å². The van der Waals surface area contributed by atoms with Crippen molar-refractivity contribution in [2.24, 2.45) is 5.11 Å². The molecule has 0 saturated heterocycles. The Morgan fingerprint density at radius 2 is 2.17 bits per heavy atom. The van der Waals surface area contributed by atoms with E-state index in [1.54, 1.807) is 0 Å². The van der Waals surface area contributed by atoms with Crippen LogP contribution in [-0.4, -0.2) is 30.0 Å². The van der Waals surface area contributed by atoms with Gasteiger partial charge in [0.2, 0.25) is 0 Å². The summed E-state index contributed by atoms with van der Waals surface area (Å²) < 4.78 is 5.25. The van der Waals surface area contributed by atoms with Crippen molar-refractivity contribution in [3.8, 4) is 0 Å². The minimum absolute atomic E-state index is 0.0621. The van der Waals surface area contributed by atoms with E-state index in [0.29, 0.717) is 0 Å². The molecular formula is C7H15N3O2. The van der Waals surface area contributed by atoms with Crippen molar-refractivity contribution >= 4 is 0 Å². The van der Waals surface area contributed by atoms with E-state index in [1.807, 2.05) is 20.8 Å². The van der Waals surface area contributed by atoms with E-state index in [2.05, 4.69) is 10.0 Å². The molecule has 0 aromatic carbocycles. The lowest BCUT2D eigenvalue weighted by Gasteiger charge is -2.21.